The zero-order valence-corrected chi connectivity index (χ0v) is 11.5. The zero-order chi connectivity index (χ0) is 13.1. The first-order valence-electron chi connectivity index (χ1n) is 6.61. The lowest BCUT2D eigenvalue weighted by molar-refractivity contribution is -0.117. The van der Waals surface area contributed by atoms with Crippen LogP contribution in [-0.2, 0) is 4.79 Å². The summed E-state index contributed by atoms with van der Waals surface area (Å²) in [6.45, 7) is 6.22. The van der Waals surface area contributed by atoms with Gasteiger partial charge >= 0.3 is 0 Å². The largest absolute Gasteiger partial charge is 0.326 e. The minimum absolute atomic E-state index is 0.146. The van der Waals surface area contributed by atoms with E-state index in [2.05, 4.69) is 17.3 Å². The van der Waals surface area contributed by atoms with Crippen LogP contribution >= 0.6 is 0 Å². The van der Waals surface area contributed by atoms with Crippen molar-refractivity contribution >= 4 is 11.6 Å². The van der Waals surface area contributed by atoms with Crippen LogP contribution in [0.25, 0.3) is 0 Å². The fourth-order valence-electron chi connectivity index (χ4n) is 2.66. The molecule has 0 aliphatic carbocycles. The van der Waals surface area contributed by atoms with Crippen molar-refractivity contribution in [3.8, 4) is 0 Å². The highest BCUT2D eigenvalue weighted by atomic mass is 16.1. The summed E-state index contributed by atoms with van der Waals surface area (Å²) in [5.74, 6) is 0.659. The van der Waals surface area contributed by atoms with E-state index in [1.165, 1.54) is 0 Å². The molecule has 0 bridgehead atoms. The van der Waals surface area contributed by atoms with Gasteiger partial charge in [0.05, 0.1) is 0 Å². The highest BCUT2D eigenvalue weighted by Gasteiger charge is 2.22. The maximum atomic E-state index is 12.0. The molecule has 2 rings (SSSR count). The Hall–Kier alpha value is -1.35. The summed E-state index contributed by atoms with van der Waals surface area (Å²) < 4.78 is 0. The fraction of sp³-hybridized carbons (Fsp3) is 0.533. The Kier molecular flexibility index (Phi) is 4.02. The quantitative estimate of drug-likeness (QED) is 0.889. The van der Waals surface area contributed by atoms with Gasteiger partial charge in [0.25, 0.3) is 0 Å². The Morgan fingerprint density at radius 1 is 1.39 bits per heavy atom. The molecule has 18 heavy (non-hydrogen) atoms. The summed E-state index contributed by atoms with van der Waals surface area (Å²) in [5.41, 5.74) is 3.24. The van der Waals surface area contributed by atoms with Crippen molar-refractivity contribution in [2.45, 2.75) is 26.7 Å². The average Bonchev–Trinajstić information content (AvgIpc) is 2.69. The van der Waals surface area contributed by atoms with Crippen molar-refractivity contribution in [3.05, 3.63) is 29.3 Å². The van der Waals surface area contributed by atoms with Gasteiger partial charge in [-0.3, -0.25) is 4.79 Å². The van der Waals surface area contributed by atoms with Gasteiger partial charge in [-0.2, -0.15) is 0 Å². The maximum absolute atomic E-state index is 12.0. The molecule has 0 spiro atoms. The Morgan fingerprint density at radius 3 is 2.61 bits per heavy atom. The molecule has 1 aromatic rings. The van der Waals surface area contributed by atoms with E-state index < -0.39 is 0 Å². The van der Waals surface area contributed by atoms with E-state index in [1.54, 1.807) is 0 Å². The number of carbonyl (C=O) groups is 1. The second kappa shape index (κ2) is 5.53. The van der Waals surface area contributed by atoms with Crippen LogP contribution in [0, 0.1) is 19.8 Å². The first kappa shape index (κ1) is 13.1. The molecule has 1 amide bonds. The van der Waals surface area contributed by atoms with Gasteiger partial charge in [-0.25, -0.2) is 0 Å². The van der Waals surface area contributed by atoms with Gasteiger partial charge in [-0.1, -0.05) is 18.2 Å². The molecule has 1 unspecified atom stereocenters. The number of hydrogen-bond acceptors (Lipinski definition) is 2. The Morgan fingerprint density at radius 2 is 2.06 bits per heavy atom. The van der Waals surface area contributed by atoms with Crippen LogP contribution in [-0.4, -0.2) is 30.9 Å². The lowest BCUT2D eigenvalue weighted by atomic mass is 10.0. The SMILES string of the molecule is Cc1cccc(C)c1NC(=O)CC1CCN(C)C1. The summed E-state index contributed by atoms with van der Waals surface area (Å²) in [6, 6.07) is 6.09. The molecule has 3 nitrogen and oxygen atoms in total. The van der Waals surface area contributed by atoms with Gasteiger partial charge in [0.2, 0.25) is 5.91 Å². The molecule has 1 aliphatic heterocycles. The summed E-state index contributed by atoms with van der Waals surface area (Å²) in [4.78, 5) is 14.3. The van der Waals surface area contributed by atoms with E-state index in [9.17, 15) is 4.79 Å². The average molecular weight is 246 g/mol. The smallest absolute Gasteiger partial charge is 0.224 e. The fourth-order valence-corrected chi connectivity index (χ4v) is 2.66. The van der Waals surface area contributed by atoms with Gasteiger partial charge in [0.15, 0.2) is 0 Å². The van der Waals surface area contributed by atoms with Crippen LogP contribution in [0.3, 0.4) is 0 Å². The Balaban J connectivity index is 1.95. The number of benzene rings is 1. The first-order valence-corrected chi connectivity index (χ1v) is 6.61. The number of aryl methyl sites for hydroxylation is 2. The molecular weight excluding hydrogens is 224 g/mol. The zero-order valence-electron chi connectivity index (χ0n) is 11.5. The molecule has 1 fully saturated rings. The van der Waals surface area contributed by atoms with Crippen LogP contribution in [0.4, 0.5) is 5.69 Å². The lowest BCUT2D eigenvalue weighted by Gasteiger charge is -2.14. The van der Waals surface area contributed by atoms with Gasteiger partial charge in [0, 0.05) is 18.7 Å². The third-order valence-corrected chi connectivity index (χ3v) is 3.71. The summed E-state index contributed by atoms with van der Waals surface area (Å²) in [6.07, 6.45) is 1.77. The number of carbonyl (C=O) groups excluding carboxylic acids is 1. The molecule has 0 aromatic heterocycles. The number of nitrogens with zero attached hydrogens (tertiary/aromatic N) is 1. The number of anilines is 1. The standard InChI is InChI=1S/C15H22N2O/c1-11-5-4-6-12(2)15(11)16-14(18)9-13-7-8-17(3)10-13/h4-6,13H,7-10H2,1-3H3,(H,16,18). The van der Waals surface area contributed by atoms with Crippen molar-refractivity contribution in [1.82, 2.24) is 4.90 Å². The van der Waals surface area contributed by atoms with Crippen LogP contribution in [0.1, 0.15) is 24.0 Å². The number of nitrogens with one attached hydrogen (secondary N) is 1. The van der Waals surface area contributed by atoms with Crippen LogP contribution in [0.15, 0.2) is 18.2 Å². The highest BCUT2D eigenvalue weighted by Crippen LogP contribution is 2.22. The lowest BCUT2D eigenvalue weighted by Crippen LogP contribution is -2.20. The van der Waals surface area contributed by atoms with Gasteiger partial charge in [-0.15, -0.1) is 0 Å². The number of amides is 1. The molecule has 1 aliphatic rings. The third kappa shape index (κ3) is 3.10. The first-order chi connectivity index (χ1) is 8.56. The van der Waals surface area contributed by atoms with Gasteiger partial charge in [-0.05, 0) is 50.9 Å². The van der Waals surface area contributed by atoms with Gasteiger partial charge < -0.3 is 10.2 Å². The monoisotopic (exact) mass is 246 g/mol. The summed E-state index contributed by atoms with van der Waals surface area (Å²) >= 11 is 0. The maximum Gasteiger partial charge on any atom is 0.224 e. The molecule has 3 heteroatoms. The van der Waals surface area contributed by atoms with E-state index >= 15 is 0 Å². The molecule has 1 heterocycles. The topological polar surface area (TPSA) is 32.3 Å². The minimum atomic E-state index is 0.146. The molecule has 98 valence electrons. The van der Waals surface area contributed by atoms with E-state index in [0.717, 1.165) is 36.3 Å². The van der Waals surface area contributed by atoms with E-state index in [0.29, 0.717) is 12.3 Å². The molecular formula is C15H22N2O. The molecule has 0 saturated carbocycles. The van der Waals surface area contributed by atoms with Crippen LogP contribution in [0.2, 0.25) is 0 Å². The summed E-state index contributed by atoms with van der Waals surface area (Å²) in [7, 11) is 2.11. The van der Waals surface area contributed by atoms with Crippen molar-refractivity contribution in [2.75, 3.05) is 25.5 Å². The van der Waals surface area contributed by atoms with E-state index in [-0.39, 0.29) is 5.91 Å². The predicted octanol–water partition coefficient (Wildman–Crippen LogP) is 2.58. The second-order valence-electron chi connectivity index (χ2n) is 5.44. The highest BCUT2D eigenvalue weighted by molar-refractivity contribution is 5.92. The molecule has 1 aromatic carbocycles. The van der Waals surface area contributed by atoms with Crippen LogP contribution in [0.5, 0.6) is 0 Å². The van der Waals surface area contributed by atoms with E-state index in [1.807, 2.05) is 32.0 Å². The third-order valence-electron chi connectivity index (χ3n) is 3.71. The number of rotatable bonds is 3. The Bertz CT molecular complexity index is 422. The number of likely N-dealkylation sites (tertiary alicyclic amines) is 1. The molecule has 0 radical (unpaired) electrons. The molecule has 1 atom stereocenters. The predicted molar refractivity (Wildman–Crippen MR) is 74.8 cm³/mol. The second-order valence-corrected chi connectivity index (χ2v) is 5.44. The van der Waals surface area contributed by atoms with Crippen molar-refractivity contribution in [1.29, 1.82) is 0 Å². The molecule has 1 N–H and O–H groups in total. The van der Waals surface area contributed by atoms with E-state index in [4.69, 9.17) is 0 Å². The molecule has 1 saturated heterocycles. The summed E-state index contributed by atoms with van der Waals surface area (Å²) in [5, 5.41) is 3.06. The Labute approximate surface area is 109 Å². The van der Waals surface area contributed by atoms with Crippen molar-refractivity contribution in [3.63, 3.8) is 0 Å². The number of para-hydroxylation sites is 1. The minimum Gasteiger partial charge on any atom is -0.326 e. The van der Waals surface area contributed by atoms with Crippen molar-refractivity contribution < 1.29 is 4.79 Å². The van der Waals surface area contributed by atoms with Crippen LogP contribution < -0.4 is 5.32 Å². The number of hydrogen-bond donors (Lipinski definition) is 1. The van der Waals surface area contributed by atoms with Crippen molar-refractivity contribution in [2.24, 2.45) is 5.92 Å². The normalized spacial score (nSPS) is 20.1. The van der Waals surface area contributed by atoms with Gasteiger partial charge in [0.1, 0.15) is 0 Å².